The molecule has 1 aromatic carbocycles. The van der Waals surface area contributed by atoms with Crippen molar-refractivity contribution in [3.05, 3.63) is 35.9 Å². The summed E-state index contributed by atoms with van der Waals surface area (Å²) in [6.07, 6.45) is 0. The maximum atomic E-state index is 8.97. The molecule has 0 saturated carbocycles. The van der Waals surface area contributed by atoms with Crippen LogP contribution in [0, 0.1) is 0 Å². The first-order valence-corrected chi connectivity index (χ1v) is 5.67. The van der Waals surface area contributed by atoms with E-state index in [0.29, 0.717) is 13.1 Å². The topological polar surface area (TPSA) is 62.4 Å². The molecular weight excluding hydrogens is 214 g/mol. The van der Waals surface area contributed by atoms with Crippen molar-refractivity contribution < 1.29 is 5.11 Å². The molecule has 4 heteroatoms. The molecule has 1 aromatic heterocycles. The van der Waals surface area contributed by atoms with E-state index in [-0.39, 0.29) is 6.61 Å². The second kappa shape index (κ2) is 5.12. The monoisotopic (exact) mass is 231 g/mol. The van der Waals surface area contributed by atoms with E-state index >= 15 is 0 Å². The lowest BCUT2D eigenvalue weighted by molar-refractivity contribution is 0.304. The van der Waals surface area contributed by atoms with E-state index in [1.807, 2.05) is 36.2 Å². The molecule has 0 radical (unpaired) electrons. The third kappa shape index (κ3) is 2.38. The molecule has 2 rings (SSSR count). The first-order valence-electron chi connectivity index (χ1n) is 5.67. The molecule has 0 aliphatic rings. The zero-order valence-corrected chi connectivity index (χ0v) is 9.93. The molecule has 2 aromatic rings. The van der Waals surface area contributed by atoms with Gasteiger partial charge in [0.25, 0.3) is 0 Å². The van der Waals surface area contributed by atoms with Gasteiger partial charge in [0.05, 0.1) is 12.1 Å². The highest BCUT2D eigenvalue weighted by Gasteiger charge is 2.09. The van der Waals surface area contributed by atoms with Crippen molar-refractivity contribution in [3.8, 4) is 0 Å². The molecule has 0 aliphatic carbocycles. The van der Waals surface area contributed by atoms with Gasteiger partial charge in [-0.05, 0) is 12.1 Å². The Morgan fingerprint density at radius 2 is 2.12 bits per heavy atom. The molecule has 0 aliphatic heterocycles. The average molecular weight is 231 g/mol. The summed E-state index contributed by atoms with van der Waals surface area (Å²) < 4.78 is 0. The van der Waals surface area contributed by atoms with Crippen LogP contribution in [0.5, 0.6) is 0 Å². The van der Waals surface area contributed by atoms with Crippen molar-refractivity contribution in [2.24, 2.45) is 5.73 Å². The maximum Gasteiger partial charge on any atom is 0.133 e. The fourth-order valence-electron chi connectivity index (χ4n) is 1.89. The highest BCUT2D eigenvalue weighted by atomic mass is 16.3. The first-order chi connectivity index (χ1) is 8.26. The zero-order valence-electron chi connectivity index (χ0n) is 9.93. The molecule has 0 bridgehead atoms. The van der Waals surface area contributed by atoms with Gasteiger partial charge in [0.1, 0.15) is 5.82 Å². The van der Waals surface area contributed by atoms with Crippen molar-refractivity contribution in [1.29, 1.82) is 0 Å². The number of pyridine rings is 1. The quantitative estimate of drug-likeness (QED) is 0.827. The molecule has 0 unspecified atom stereocenters. The van der Waals surface area contributed by atoms with Gasteiger partial charge in [-0.15, -0.1) is 0 Å². The average Bonchev–Trinajstić information content (AvgIpc) is 2.37. The fraction of sp³-hybridized carbons (Fsp3) is 0.308. The summed E-state index contributed by atoms with van der Waals surface area (Å²) in [6, 6.07) is 10.0. The van der Waals surface area contributed by atoms with E-state index in [1.54, 1.807) is 0 Å². The van der Waals surface area contributed by atoms with Crippen LogP contribution in [-0.4, -0.2) is 30.3 Å². The van der Waals surface area contributed by atoms with Crippen LogP contribution >= 0.6 is 0 Å². The second-order valence-electron chi connectivity index (χ2n) is 4.01. The van der Waals surface area contributed by atoms with Crippen molar-refractivity contribution in [3.63, 3.8) is 0 Å². The highest BCUT2D eigenvalue weighted by molar-refractivity contribution is 5.81. The van der Waals surface area contributed by atoms with Gasteiger partial charge in [0.15, 0.2) is 0 Å². The van der Waals surface area contributed by atoms with Crippen LogP contribution in [0.4, 0.5) is 5.82 Å². The van der Waals surface area contributed by atoms with Crippen LogP contribution in [0.3, 0.4) is 0 Å². The molecular formula is C13H17N3O. The predicted octanol–water partition coefficient (Wildman–Crippen LogP) is 1.12. The molecule has 17 heavy (non-hydrogen) atoms. The standard InChI is InChI=1S/C13H17N3O/c1-16(6-7-17)13-11(9-14)8-10-4-2-3-5-12(10)15-13/h2-5,8,17H,6-7,9,14H2,1H3. The number of hydrogen-bond donors (Lipinski definition) is 2. The molecule has 0 spiro atoms. The number of anilines is 1. The number of nitrogens with two attached hydrogens (primary N) is 1. The highest BCUT2D eigenvalue weighted by Crippen LogP contribution is 2.22. The van der Waals surface area contributed by atoms with Crippen LogP contribution in [0.25, 0.3) is 10.9 Å². The summed E-state index contributed by atoms with van der Waals surface area (Å²) in [5.41, 5.74) is 7.69. The molecule has 0 amide bonds. The maximum absolute atomic E-state index is 8.97. The van der Waals surface area contributed by atoms with Gasteiger partial charge in [0, 0.05) is 31.1 Å². The summed E-state index contributed by atoms with van der Waals surface area (Å²) in [6.45, 7) is 1.11. The number of hydrogen-bond acceptors (Lipinski definition) is 4. The summed E-state index contributed by atoms with van der Waals surface area (Å²) in [7, 11) is 1.91. The van der Waals surface area contributed by atoms with Crippen molar-refractivity contribution >= 4 is 16.7 Å². The van der Waals surface area contributed by atoms with E-state index < -0.39 is 0 Å². The van der Waals surface area contributed by atoms with Gasteiger partial charge in [0.2, 0.25) is 0 Å². The Labute approximate surface area is 101 Å². The number of rotatable bonds is 4. The summed E-state index contributed by atoms with van der Waals surface area (Å²) >= 11 is 0. The first kappa shape index (κ1) is 11.8. The van der Waals surface area contributed by atoms with E-state index in [9.17, 15) is 0 Å². The molecule has 90 valence electrons. The van der Waals surface area contributed by atoms with E-state index in [0.717, 1.165) is 22.3 Å². The lowest BCUT2D eigenvalue weighted by Gasteiger charge is -2.20. The zero-order chi connectivity index (χ0) is 12.3. The minimum absolute atomic E-state index is 0.106. The van der Waals surface area contributed by atoms with Crippen LogP contribution in [-0.2, 0) is 6.54 Å². The van der Waals surface area contributed by atoms with Gasteiger partial charge in [-0.25, -0.2) is 4.98 Å². The minimum Gasteiger partial charge on any atom is -0.395 e. The third-order valence-corrected chi connectivity index (χ3v) is 2.80. The number of para-hydroxylation sites is 1. The largest absolute Gasteiger partial charge is 0.395 e. The van der Waals surface area contributed by atoms with Gasteiger partial charge < -0.3 is 15.7 Å². The number of fused-ring (bicyclic) bond motifs is 1. The minimum atomic E-state index is 0.106. The molecule has 4 nitrogen and oxygen atoms in total. The third-order valence-electron chi connectivity index (χ3n) is 2.80. The van der Waals surface area contributed by atoms with E-state index in [4.69, 9.17) is 10.8 Å². The Balaban J connectivity index is 2.52. The van der Waals surface area contributed by atoms with Crippen LogP contribution in [0.15, 0.2) is 30.3 Å². The fourth-order valence-corrected chi connectivity index (χ4v) is 1.89. The van der Waals surface area contributed by atoms with E-state index in [2.05, 4.69) is 11.1 Å². The molecule has 0 atom stereocenters. The van der Waals surface area contributed by atoms with Gasteiger partial charge in [-0.2, -0.15) is 0 Å². The molecule has 0 fully saturated rings. The van der Waals surface area contributed by atoms with Gasteiger partial charge in [-0.3, -0.25) is 0 Å². The van der Waals surface area contributed by atoms with Crippen molar-refractivity contribution in [2.75, 3.05) is 25.1 Å². The van der Waals surface area contributed by atoms with Crippen LogP contribution < -0.4 is 10.6 Å². The molecule has 0 saturated heterocycles. The van der Waals surface area contributed by atoms with Crippen LogP contribution in [0.2, 0.25) is 0 Å². The Bertz CT molecular complexity index is 513. The Kier molecular flexibility index (Phi) is 3.56. The van der Waals surface area contributed by atoms with Gasteiger partial charge >= 0.3 is 0 Å². The SMILES string of the molecule is CN(CCO)c1nc2ccccc2cc1CN. The Morgan fingerprint density at radius 3 is 2.82 bits per heavy atom. The number of aliphatic hydroxyl groups excluding tert-OH is 1. The Hall–Kier alpha value is -1.65. The smallest absolute Gasteiger partial charge is 0.133 e. The lowest BCUT2D eigenvalue weighted by atomic mass is 10.1. The van der Waals surface area contributed by atoms with E-state index in [1.165, 1.54) is 0 Å². The van der Waals surface area contributed by atoms with Crippen molar-refractivity contribution in [1.82, 2.24) is 4.98 Å². The molecule has 1 heterocycles. The number of aromatic nitrogens is 1. The number of likely N-dealkylation sites (N-methyl/N-ethyl adjacent to an activating group) is 1. The number of aliphatic hydroxyl groups is 1. The van der Waals surface area contributed by atoms with Gasteiger partial charge in [-0.1, -0.05) is 18.2 Å². The summed E-state index contributed by atoms with van der Waals surface area (Å²) in [4.78, 5) is 6.52. The summed E-state index contributed by atoms with van der Waals surface area (Å²) in [5, 5.41) is 10.1. The number of benzene rings is 1. The lowest BCUT2D eigenvalue weighted by Crippen LogP contribution is -2.24. The summed E-state index contributed by atoms with van der Waals surface area (Å²) in [5.74, 6) is 0.847. The normalized spacial score (nSPS) is 10.8. The Morgan fingerprint density at radius 1 is 1.35 bits per heavy atom. The second-order valence-corrected chi connectivity index (χ2v) is 4.01. The number of nitrogens with zero attached hydrogens (tertiary/aromatic N) is 2. The predicted molar refractivity (Wildman–Crippen MR) is 70.0 cm³/mol. The van der Waals surface area contributed by atoms with Crippen molar-refractivity contribution in [2.45, 2.75) is 6.54 Å². The van der Waals surface area contributed by atoms with Crippen LogP contribution in [0.1, 0.15) is 5.56 Å². The molecule has 3 N–H and O–H groups in total.